The molecule has 0 bridgehead atoms. The first kappa shape index (κ1) is 16.0. The first-order valence-corrected chi connectivity index (χ1v) is 8.07. The Morgan fingerprint density at radius 3 is 2.71 bits per heavy atom. The van der Waals surface area contributed by atoms with Crippen molar-refractivity contribution in [3.63, 3.8) is 0 Å². The third-order valence-corrected chi connectivity index (χ3v) is 3.64. The molecule has 1 amide bonds. The smallest absolute Gasteiger partial charge is 0.277 e. The SMILES string of the molecule is CCOc1ccc(-c2nnc(SCC(=O)Nn3cnnc3)o2)cc1. The van der Waals surface area contributed by atoms with Crippen molar-refractivity contribution in [1.82, 2.24) is 25.1 Å². The molecule has 3 rings (SSSR count). The molecule has 0 aliphatic rings. The Balaban J connectivity index is 1.56. The number of nitrogens with zero attached hydrogens (tertiary/aromatic N) is 5. The maximum atomic E-state index is 11.7. The lowest BCUT2D eigenvalue weighted by atomic mass is 10.2. The minimum absolute atomic E-state index is 0.128. The Labute approximate surface area is 141 Å². The van der Waals surface area contributed by atoms with E-state index in [-0.39, 0.29) is 11.7 Å². The van der Waals surface area contributed by atoms with E-state index in [2.05, 4.69) is 25.8 Å². The molecule has 24 heavy (non-hydrogen) atoms. The summed E-state index contributed by atoms with van der Waals surface area (Å²) in [5, 5.41) is 15.4. The van der Waals surface area contributed by atoms with Gasteiger partial charge in [-0.2, -0.15) is 0 Å². The zero-order valence-corrected chi connectivity index (χ0v) is 13.6. The Bertz CT molecular complexity index is 787. The Hall–Kier alpha value is -2.88. The van der Waals surface area contributed by atoms with Gasteiger partial charge in [0.05, 0.1) is 12.4 Å². The predicted molar refractivity (Wildman–Crippen MR) is 86.0 cm³/mol. The molecule has 3 aromatic rings. The summed E-state index contributed by atoms with van der Waals surface area (Å²) in [4.78, 5) is 11.7. The first-order chi connectivity index (χ1) is 11.7. The van der Waals surface area contributed by atoms with E-state index in [4.69, 9.17) is 9.15 Å². The molecule has 2 heterocycles. The maximum absolute atomic E-state index is 11.7. The van der Waals surface area contributed by atoms with E-state index in [1.54, 1.807) is 0 Å². The fourth-order valence-corrected chi connectivity index (χ4v) is 2.36. The molecule has 0 aliphatic heterocycles. The number of carbonyl (C=O) groups is 1. The van der Waals surface area contributed by atoms with E-state index in [0.29, 0.717) is 17.7 Å². The van der Waals surface area contributed by atoms with E-state index in [0.717, 1.165) is 23.1 Å². The lowest BCUT2D eigenvalue weighted by molar-refractivity contribution is -0.114. The van der Waals surface area contributed by atoms with Crippen LogP contribution in [0.3, 0.4) is 0 Å². The molecule has 0 saturated carbocycles. The minimum atomic E-state index is -0.236. The van der Waals surface area contributed by atoms with Crippen molar-refractivity contribution in [2.24, 2.45) is 0 Å². The molecule has 0 atom stereocenters. The van der Waals surface area contributed by atoms with Gasteiger partial charge >= 0.3 is 0 Å². The quantitative estimate of drug-likeness (QED) is 0.643. The maximum Gasteiger partial charge on any atom is 0.277 e. The monoisotopic (exact) mass is 346 g/mol. The topological polar surface area (TPSA) is 108 Å². The molecular weight excluding hydrogens is 332 g/mol. The van der Waals surface area contributed by atoms with Gasteiger partial charge in [-0.15, -0.1) is 20.4 Å². The average molecular weight is 346 g/mol. The van der Waals surface area contributed by atoms with Crippen LogP contribution in [0.1, 0.15) is 6.92 Å². The van der Waals surface area contributed by atoms with Crippen LogP contribution in [0.15, 0.2) is 46.6 Å². The van der Waals surface area contributed by atoms with E-state index >= 15 is 0 Å². The van der Waals surface area contributed by atoms with Crippen molar-refractivity contribution >= 4 is 17.7 Å². The molecular formula is C14H14N6O3S. The number of hydrogen-bond acceptors (Lipinski definition) is 8. The third-order valence-electron chi connectivity index (χ3n) is 2.82. The molecule has 9 nitrogen and oxygen atoms in total. The number of nitrogens with one attached hydrogen (secondary N) is 1. The summed E-state index contributed by atoms with van der Waals surface area (Å²) in [6.07, 6.45) is 2.78. The molecule has 1 N–H and O–H groups in total. The van der Waals surface area contributed by atoms with Crippen LogP contribution in [0.5, 0.6) is 5.75 Å². The van der Waals surface area contributed by atoms with Crippen molar-refractivity contribution in [2.45, 2.75) is 12.1 Å². The zero-order valence-electron chi connectivity index (χ0n) is 12.7. The predicted octanol–water partition coefficient (Wildman–Crippen LogP) is 1.59. The van der Waals surface area contributed by atoms with Gasteiger partial charge in [0.2, 0.25) is 11.8 Å². The molecule has 1 aromatic carbocycles. The van der Waals surface area contributed by atoms with Gasteiger partial charge in [0.25, 0.3) is 5.22 Å². The van der Waals surface area contributed by atoms with Gasteiger partial charge in [-0.05, 0) is 31.2 Å². The highest BCUT2D eigenvalue weighted by Crippen LogP contribution is 2.24. The fourth-order valence-electron chi connectivity index (χ4n) is 1.81. The number of ether oxygens (including phenoxy) is 1. The number of rotatable bonds is 7. The summed E-state index contributed by atoms with van der Waals surface area (Å²) in [6, 6.07) is 7.35. The number of aromatic nitrogens is 5. The Morgan fingerprint density at radius 1 is 1.25 bits per heavy atom. The van der Waals surface area contributed by atoms with E-state index in [9.17, 15) is 4.79 Å². The number of hydrogen-bond donors (Lipinski definition) is 1. The molecule has 10 heteroatoms. The summed E-state index contributed by atoms with van der Waals surface area (Å²) in [6.45, 7) is 2.53. The second-order valence-electron chi connectivity index (χ2n) is 4.52. The standard InChI is InChI=1S/C14H14N6O3S/c1-2-22-11-5-3-10(4-6-11)13-17-18-14(23-13)24-7-12(21)19-20-8-15-16-9-20/h3-6,8-9H,2,7H2,1H3,(H,19,21). The third kappa shape index (κ3) is 4.10. The molecule has 0 spiro atoms. The van der Waals surface area contributed by atoms with Crippen LogP contribution < -0.4 is 10.2 Å². The van der Waals surface area contributed by atoms with Crippen molar-refractivity contribution in [3.8, 4) is 17.2 Å². The lowest BCUT2D eigenvalue weighted by Gasteiger charge is -2.02. The summed E-state index contributed by atoms with van der Waals surface area (Å²) in [5.41, 5.74) is 3.36. The van der Waals surface area contributed by atoms with E-state index in [1.807, 2.05) is 31.2 Å². The number of benzene rings is 1. The van der Waals surface area contributed by atoms with Crippen molar-refractivity contribution in [3.05, 3.63) is 36.9 Å². The van der Waals surface area contributed by atoms with Crippen molar-refractivity contribution < 1.29 is 13.9 Å². The number of thioether (sulfide) groups is 1. The summed E-state index contributed by atoms with van der Waals surface area (Å²) in [5.74, 6) is 1.06. The van der Waals surface area contributed by atoms with Crippen LogP contribution in [-0.4, -0.2) is 43.3 Å². The van der Waals surface area contributed by atoms with Gasteiger partial charge in [-0.25, -0.2) is 4.68 Å². The van der Waals surface area contributed by atoms with Gasteiger partial charge < -0.3 is 9.15 Å². The molecule has 0 unspecified atom stereocenters. The zero-order chi connectivity index (χ0) is 16.8. The Morgan fingerprint density at radius 2 is 2.00 bits per heavy atom. The van der Waals surface area contributed by atoms with Crippen LogP contribution in [0.4, 0.5) is 0 Å². The van der Waals surface area contributed by atoms with Gasteiger partial charge in [0.1, 0.15) is 18.4 Å². The summed E-state index contributed by atoms with van der Waals surface area (Å²) >= 11 is 1.15. The molecule has 124 valence electrons. The van der Waals surface area contributed by atoms with Gasteiger partial charge in [0.15, 0.2) is 0 Å². The molecule has 0 radical (unpaired) electrons. The van der Waals surface area contributed by atoms with Crippen LogP contribution in [-0.2, 0) is 4.79 Å². The highest BCUT2D eigenvalue weighted by Gasteiger charge is 2.11. The number of amides is 1. The van der Waals surface area contributed by atoms with E-state index in [1.165, 1.54) is 17.3 Å². The molecule has 0 aliphatic carbocycles. The van der Waals surface area contributed by atoms with Crippen LogP contribution in [0, 0.1) is 0 Å². The van der Waals surface area contributed by atoms with Crippen LogP contribution in [0.2, 0.25) is 0 Å². The molecule has 0 saturated heterocycles. The lowest BCUT2D eigenvalue weighted by Crippen LogP contribution is -2.23. The fraction of sp³-hybridized carbons (Fsp3) is 0.214. The van der Waals surface area contributed by atoms with Gasteiger partial charge in [-0.1, -0.05) is 11.8 Å². The molecule has 2 aromatic heterocycles. The molecule has 0 fully saturated rings. The minimum Gasteiger partial charge on any atom is -0.494 e. The van der Waals surface area contributed by atoms with Crippen LogP contribution in [0.25, 0.3) is 11.5 Å². The normalized spacial score (nSPS) is 10.5. The van der Waals surface area contributed by atoms with Crippen molar-refractivity contribution in [2.75, 3.05) is 17.8 Å². The summed E-state index contributed by atoms with van der Waals surface area (Å²) < 4.78 is 12.3. The largest absolute Gasteiger partial charge is 0.494 e. The van der Waals surface area contributed by atoms with Gasteiger partial charge in [0, 0.05) is 5.56 Å². The average Bonchev–Trinajstić information content (AvgIpc) is 3.26. The first-order valence-electron chi connectivity index (χ1n) is 7.08. The number of carbonyl (C=O) groups excluding carboxylic acids is 1. The van der Waals surface area contributed by atoms with E-state index < -0.39 is 0 Å². The second kappa shape index (κ2) is 7.59. The highest BCUT2D eigenvalue weighted by atomic mass is 32.2. The second-order valence-corrected chi connectivity index (χ2v) is 5.45. The highest BCUT2D eigenvalue weighted by molar-refractivity contribution is 7.99. The Kier molecular flexibility index (Phi) is 5.06. The van der Waals surface area contributed by atoms with Crippen LogP contribution >= 0.6 is 11.8 Å². The van der Waals surface area contributed by atoms with Gasteiger partial charge in [-0.3, -0.25) is 10.2 Å². The summed E-state index contributed by atoms with van der Waals surface area (Å²) in [7, 11) is 0. The van der Waals surface area contributed by atoms with Crippen molar-refractivity contribution in [1.29, 1.82) is 0 Å².